The van der Waals surface area contributed by atoms with E-state index >= 15 is 0 Å². The Hall–Kier alpha value is -1.11. The molecular weight excluding hydrogens is 244 g/mol. The zero-order valence-electron chi connectivity index (χ0n) is 13.0. The summed E-state index contributed by atoms with van der Waals surface area (Å²) >= 11 is 0. The number of carbonyl (C=O) groups is 1. The van der Waals surface area contributed by atoms with E-state index in [0.717, 1.165) is 18.3 Å². The maximum atomic E-state index is 12.4. The highest BCUT2D eigenvalue weighted by atomic mass is 16.1. The van der Waals surface area contributed by atoms with Crippen molar-refractivity contribution in [2.75, 3.05) is 0 Å². The molecule has 3 rings (SSSR count). The molecule has 0 aliphatic heterocycles. The van der Waals surface area contributed by atoms with E-state index in [1.807, 2.05) is 0 Å². The Morgan fingerprint density at radius 2 is 1.80 bits per heavy atom. The van der Waals surface area contributed by atoms with Gasteiger partial charge in [-0.1, -0.05) is 24.1 Å². The molecule has 2 fully saturated rings. The number of aryl methyl sites for hydroxylation is 3. The summed E-state index contributed by atoms with van der Waals surface area (Å²) in [4.78, 5) is 12.4. The van der Waals surface area contributed by atoms with Crippen molar-refractivity contribution in [1.82, 2.24) is 0 Å². The molecule has 108 valence electrons. The third kappa shape index (κ3) is 2.68. The maximum absolute atomic E-state index is 12.4. The van der Waals surface area contributed by atoms with E-state index in [1.54, 1.807) is 0 Å². The van der Waals surface area contributed by atoms with Crippen LogP contribution in [0.3, 0.4) is 0 Å². The van der Waals surface area contributed by atoms with E-state index < -0.39 is 0 Å². The molecule has 1 heteroatoms. The summed E-state index contributed by atoms with van der Waals surface area (Å²) in [6, 6.07) is 4.40. The van der Waals surface area contributed by atoms with Crippen LogP contribution < -0.4 is 0 Å². The largest absolute Gasteiger partial charge is 0.299 e. The van der Waals surface area contributed by atoms with Crippen LogP contribution in [0, 0.1) is 38.5 Å². The molecule has 3 unspecified atom stereocenters. The van der Waals surface area contributed by atoms with E-state index in [1.165, 1.54) is 47.9 Å². The molecular formula is C19H26O. The molecule has 2 bridgehead atoms. The van der Waals surface area contributed by atoms with Crippen LogP contribution in [0.4, 0.5) is 0 Å². The molecule has 1 aromatic carbocycles. The number of ketones is 1. The van der Waals surface area contributed by atoms with Gasteiger partial charge >= 0.3 is 0 Å². The number of hydrogen-bond donors (Lipinski definition) is 0. The maximum Gasteiger partial charge on any atom is 0.137 e. The van der Waals surface area contributed by atoms with Crippen molar-refractivity contribution in [2.24, 2.45) is 17.8 Å². The van der Waals surface area contributed by atoms with E-state index in [4.69, 9.17) is 0 Å². The lowest BCUT2D eigenvalue weighted by atomic mass is 9.83. The first-order chi connectivity index (χ1) is 9.52. The predicted octanol–water partition coefficient (Wildman–Crippen LogP) is 4.55. The fraction of sp³-hybridized carbons (Fsp3) is 0.632. The second-order valence-electron chi connectivity index (χ2n) is 7.23. The van der Waals surface area contributed by atoms with Crippen molar-refractivity contribution >= 4 is 5.78 Å². The lowest BCUT2D eigenvalue weighted by molar-refractivity contribution is -0.119. The van der Waals surface area contributed by atoms with Gasteiger partial charge in [-0.2, -0.15) is 0 Å². The standard InChI is InChI=1S/C19H26O/c1-12-6-13(2)19(14(3)7-12)11-18(20)10-17-9-15-4-5-16(17)8-15/h6-7,15-17H,4-5,8-11H2,1-3H3. The van der Waals surface area contributed by atoms with Gasteiger partial charge in [0.05, 0.1) is 0 Å². The molecule has 0 radical (unpaired) electrons. The van der Waals surface area contributed by atoms with Gasteiger partial charge < -0.3 is 0 Å². The first-order valence-corrected chi connectivity index (χ1v) is 8.11. The SMILES string of the molecule is Cc1cc(C)c(CC(=O)CC2CC3CCC2C3)c(C)c1. The Balaban J connectivity index is 1.65. The van der Waals surface area contributed by atoms with Gasteiger partial charge in [-0.25, -0.2) is 0 Å². The number of fused-ring (bicyclic) bond motifs is 2. The molecule has 2 saturated carbocycles. The summed E-state index contributed by atoms with van der Waals surface area (Å²) in [5.74, 6) is 2.97. The predicted molar refractivity (Wildman–Crippen MR) is 82.9 cm³/mol. The lowest BCUT2D eigenvalue weighted by Gasteiger charge is -2.21. The average Bonchev–Trinajstić information content (AvgIpc) is 2.95. The van der Waals surface area contributed by atoms with Crippen molar-refractivity contribution in [3.63, 3.8) is 0 Å². The molecule has 20 heavy (non-hydrogen) atoms. The van der Waals surface area contributed by atoms with Crippen LogP contribution in [0.5, 0.6) is 0 Å². The van der Waals surface area contributed by atoms with Gasteiger partial charge in [0.15, 0.2) is 0 Å². The van der Waals surface area contributed by atoms with Crippen molar-refractivity contribution < 1.29 is 4.79 Å². The monoisotopic (exact) mass is 270 g/mol. The minimum atomic E-state index is 0.456. The third-order valence-corrected chi connectivity index (χ3v) is 5.59. The van der Waals surface area contributed by atoms with E-state index in [9.17, 15) is 4.79 Å². The second kappa shape index (κ2) is 5.35. The van der Waals surface area contributed by atoms with E-state index in [2.05, 4.69) is 32.9 Å². The molecule has 3 atom stereocenters. The summed E-state index contributed by atoms with van der Waals surface area (Å²) in [5.41, 5.74) is 5.13. The topological polar surface area (TPSA) is 17.1 Å². The molecule has 0 amide bonds. The van der Waals surface area contributed by atoms with Crippen LogP contribution in [0.25, 0.3) is 0 Å². The highest BCUT2D eigenvalue weighted by Gasteiger charge is 2.39. The van der Waals surface area contributed by atoms with E-state index in [-0.39, 0.29) is 0 Å². The Labute approximate surface area is 122 Å². The van der Waals surface area contributed by atoms with Crippen LogP contribution >= 0.6 is 0 Å². The number of rotatable bonds is 4. The van der Waals surface area contributed by atoms with Crippen LogP contribution in [0.1, 0.15) is 54.4 Å². The zero-order chi connectivity index (χ0) is 14.3. The number of benzene rings is 1. The highest BCUT2D eigenvalue weighted by Crippen LogP contribution is 2.49. The van der Waals surface area contributed by atoms with Gasteiger partial charge in [-0.15, -0.1) is 0 Å². The van der Waals surface area contributed by atoms with Gasteiger partial charge in [0.25, 0.3) is 0 Å². The number of Topliss-reactive ketones (excluding diaryl/α,β-unsaturated/α-hetero) is 1. The fourth-order valence-electron chi connectivity index (χ4n) is 4.68. The average molecular weight is 270 g/mol. The third-order valence-electron chi connectivity index (χ3n) is 5.59. The van der Waals surface area contributed by atoms with Crippen molar-refractivity contribution in [3.8, 4) is 0 Å². The molecule has 0 N–H and O–H groups in total. The minimum Gasteiger partial charge on any atom is -0.299 e. The fourth-order valence-corrected chi connectivity index (χ4v) is 4.68. The Bertz CT molecular complexity index is 506. The van der Waals surface area contributed by atoms with Gasteiger partial charge in [-0.05, 0) is 74.5 Å². The number of carbonyl (C=O) groups excluding carboxylic acids is 1. The quantitative estimate of drug-likeness (QED) is 0.784. The summed E-state index contributed by atoms with van der Waals surface area (Å²) in [6.07, 6.45) is 7.00. The minimum absolute atomic E-state index is 0.456. The normalized spacial score (nSPS) is 28.1. The molecule has 2 aliphatic rings. The van der Waals surface area contributed by atoms with Crippen LogP contribution in [0.15, 0.2) is 12.1 Å². The molecule has 0 aromatic heterocycles. The summed E-state index contributed by atoms with van der Waals surface area (Å²) < 4.78 is 0. The van der Waals surface area contributed by atoms with Crippen LogP contribution in [-0.2, 0) is 11.2 Å². The van der Waals surface area contributed by atoms with Crippen LogP contribution in [-0.4, -0.2) is 5.78 Å². The molecule has 0 spiro atoms. The highest BCUT2D eigenvalue weighted by molar-refractivity contribution is 5.82. The van der Waals surface area contributed by atoms with Crippen molar-refractivity contribution in [1.29, 1.82) is 0 Å². The first-order valence-electron chi connectivity index (χ1n) is 8.11. The van der Waals surface area contributed by atoms with Crippen molar-refractivity contribution in [3.05, 3.63) is 34.4 Å². The van der Waals surface area contributed by atoms with E-state index in [0.29, 0.717) is 18.1 Å². The zero-order valence-corrected chi connectivity index (χ0v) is 13.0. The Kier molecular flexibility index (Phi) is 3.70. The number of hydrogen-bond acceptors (Lipinski definition) is 1. The summed E-state index contributed by atoms with van der Waals surface area (Å²) in [6.45, 7) is 6.40. The van der Waals surface area contributed by atoms with Gasteiger partial charge in [0.1, 0.15) is 5.78 Å². The molecule has 2 aliphatic carbocycles. The molecule has 1 aromatic rings. The first kappa shape index (κ1) is 13.9. The second-order valence-corrected chi connectivity index (χ2v) is 7.23. The Morgan fingerprint density at radius 1 is 1.10 bits per heavy atom. The van der Waals surface area contributed by atoms with Crippen LogP contribution in [0.2, 0.25) is 0 Å². The molecule has 0 saturated heterocycles. The van der Waals surface area contributed by atoms with Crippen molar-refractivity contribution in [2.45, 2.75) is 59.3 Å². The Morgan fingerprint density at radius 3 is 2.35 bits per heavy atom. The van der Waals surface area contributed by atoms with Gasteiger partial charge in [-0.3, -0.25) is 4.79 Å². The summed E-state index contributed by atoms with van der Waals surface area (Å²) in [7, 11) is 0. The lowest BCUT2D eigenvalue weighted by Crippen LogP contribution is -2.17. The smallest absolute Gasteiger partial charge is 0.137 e. The van der Waals surface area contributed by atoms with Gasteiger partial charge in [0, 0.05) is 12.8 Å². The van der Waals surface area contributed by atoms with Gasteiger partial charge in [0.2, 0.25) is 0 Å². The molecule has 1 nitrogen and oxygen atoms in total. The summed E-state index contributed by atoms with van der Waals surface area (Å²) in [5, 5.41) is 0. The molecule has 0 heterocycles.